The minimum Gasteiger partial charge on any atom is -0.382 e. The maximum Gasteiger partial charge on any atom is 0.180 e. The molecule has 35 heavy (non-hydrogen) atoms. The van der Waals surface area contributed by atoms with Crippen LogP contribution in [0.15, 0.2) is 59.8 Å². The lowest BCUT2D eigenvalue weighted by atomic mass is 10.1. The lowest BCUT2D eigenvalue weighted by Crippen LogP contribution is -2.30. The van der Waals surface area contributed by atoms with Gasteiger partial charge in [0.25, 0.3) is 0 Å². The van der Waals surface area contributed by atoms with Gasteiger partial charge in [-0.15, -0.1) is 0 Å². The number of aromatic nitrogens is 4. The van der Waals surface area contributed by atoms with Gasteiger partial charge in [0.15, 0.2) is 15.5 Å². The smallest absolute Gasteiger partial charge is 0.180 e. The van der Waals surface area contributed by atoms with Crippen LogP contribution < -0.4 is 11.1 Å². The van der Waals surface area contributed by atoms with Crippen LogP contribution in [-0.2, 0) is 16.3 Å². The third kappa shape index (κ3) is 5.36. The van der Waals surface area contributed by atoms with Crippen LogP contribution >= 0.6 is 0 Å². The number of nitrogen functional groups attached to an aromatic ring is 1. The third-order valence-electron chi connectivity index (χ3n) is 6.13. The second-order valence-electron chi connectivity index (χ2n) is 8.73. The zero-order chi connectivity index (χ0) is 25.0. The van der Waals surface area contributed by atoms with E-state index in [0.29, 0.717) is 17.8 Å². The Morgan fingerprint density at radius 1 is 1.06 bits per heavy atom. The van der Waals surface area contributed by atoms with E-state index < -0.39 is 9.84 Å². The lowest BCUT2D eigenvalue weighted by molar-refractivity contribution is 0.465. The molecule has 184 valence electrons. The van der Waals surface area contributed by atoms with Gasteiger partial charge in [-0.05, 0) is 38.3 Å². The van der Waals surface area contributed by atoms with E-state index >= 15 is 0 Å². The van der Waals surface area contributed by atoms with E-state index in [1.807, 2.05) is 42.5 Å². The standard InChI is InChI=1S/C26H32N6O2S/c1-4-15-28-20(5-2)12-14-23-24(35(3,33)34)25(27)32-26(31-23)21(17-30-32)19-11-13-22(29-16-19)18-9-7-6-8-10-18/h6-11,13,16-17,20,28H,4-5,12,14-15,27H2,1-3H3/t20-/m1/s1. The largest absolute Gasteiger partial charge is 0.382 e. The maximum atomic E-state index is 12.7. The molecule has 0 bridgehead atoms. The Morgan fingerprint density at radius 2 is 1.83 bits per heavy atom. The fraction of sp³-hybridized carbons (Fsp3) is 0.346. The number of nitrogens with one attached hydrogen (secondary N) is 1. The van der Waals surface area contributed by atoms with Crippen molar-refractivity contribution in [1.82, 2.24) is 24.9 Å². The number of rotatable bonds is 10. The molecule has 1 aromatic carbocycles. The minimum atomic E-state index is -3.60. The van der Waals surface area contributed by atoms with Gasteiger partial charge in [0.05, 0.1) is 17.6 Å². The number of nitrogens with zero attached hydrogens (tertiary/aromatic N) is 4. The number of benzene rings is 1. The first-order valence-electron chi connectivity index (χ1n) is 11.9. The van der Waals surface area contributed by atoms with Crippen LogP contribution in [0.5, 0.6) is 0 Å². The van der Waals surface area contributed by atoms with Crippen molar-refractivity contribution in [2.75, 3.05) is 18.5 Å². The molecule has 3 heterocycles. The number of hydrogen-bond acceptors (Lipinski definition) is 7. The Kier molecular flexibility index (Phi) is 7.47. The van der Waals surface area contributed by atoms with Crippen molar-refractivity contribution in [2.24, 2.45) is 0 Å². The number of sulfone groups is 1. The molecule has 0 amide bonds. The number of aryl methyl sites for hydroxylation is 1. The van der Waals surface area contributed by atoms with Crippen LogP contribution in [0.1, 0.15) is 38.8 Å². The van der Waals surface area contributed by atoms with Gasteiger partial charge in [-0.3, -0.25) is 4.98 Å². The Morgan fingerprint density at radius 3 is 2.46 bits per heavy atom. The highest BCUT2D eigenvalue weighted by Gasteiger charge is 2.24. The second-order valence-corrected chi connectivity index (χ2v) is 10.7. The summed E-state index contributed by atoms with van der Waals surface area (Å²) in [4.78, 5) is 9.46. The van der Waals surface area contributed by atoms with Crippen LogP contribution in [0.2, 0.25) is 0 Å². The molecule has 3 N–H and O–H groups in total. The average molecular weight is 493 g/mol. The number of fused-ring (bicyclic) bond motifs is 1. The van der Waals surface area contributed by atoms with Crippen LogP contribution in [-0.4, -0.2) is 46.8 Å². The number of hydrogen-bond donors (Lipinski definition) is 2. The summed E-state index contributed by atoms with van der Waals surface area (Å²) in [5.74, 6) is 0.0854. The minimum absolute atomic E-state index is 0.0579. The SMILES string of the molecule is CCCN[C@H](CC)CCc1nc2c(-c3ccc(-c4ccccc4)nc3)cnn2c(N)c1S(C)(=O)=O. The van der Waals surface area contributed by atoms with Gasteiger partial charge in [-0.2, -0.15) is 9.61 Å². The predicted molar refractivity (Wildman–Crippen MR) is 140 cm³/mol. The molecular formula is C26H32N6O2S. The lowest BCUT2D eigenvalue weighted by Gasteiger charge is -2.18. The summed E-state index contributed by atoms with van der Waals surface area (Å²) >= 11 is 0. The fourth-order valence-corrected chi connectivity index (χ4v) is 5.31. The Labute approximate surface area is 206 Å². The molecule has 0 saturated heterocycles. The van der Waals surface area contributed by atoms with Crippen molar-refractivity contribution in [2.45, 2.75) is 50.5 Å². The molecule has 4 aromatic rings. The van der Waals surface area contributed by atoms with E-state index in [1.54, 1.807) is 12.4 Å². The van der Waals surface area contributed by atoms with Crippen molar-refractivity contribution in [1.29, 1.82) is 0 Å². The Hall–Kier alpha value is -3.30. The molecule has 9 heteroatoms. The normalized spacial score (nSPS) is 12.8. The summed E-state index contributed by atoms with van der Waals surface area (Å²) in [5.41, 5.74) is 10.8. The summed E-state index contributed by atoms with van der Waals surface area (Å²) in [6, 6.07) is 14.1. The number of anilines is 1. The molecule has 0 saturated carbocycles. The van der Waals surface area contributed by atoms with Crippen molar-refractivity contribution in [3.05, 3.63) is 60.6 Å². The first-order valence-corrected chi connectivity index (χ1v) is 13.8. The van der Waals surface area contributed by atoms with Gasteiger partial charge < -0.3 is 11.1 Å². The van der Waals surface area contributed by atoms with Crippen LogP contribution in [0, 0.1) is 0 Å². The number of nitrogens with two attached hydrogens (primary N) is 1. The number of pyridine rings is 1. The Bertz CT molecular complexity index is 1400. The molecule has 0 radical (unpaired) electrons. The van der Waals surface area contributed by atoms with Gasteiger partial charge in [0.2, 0.25) is 0 Å². The topological polar surface area (TPSA) is 115 Å². The van der Waals surface area contributed by atoms with E-state index in [-0.39, 0.29) is 16.8 Å². The predicted octanol–water partition coefficient (Wildman–Crippen LogP) is 4.15. The van der Waals surface area contributed by atoms with Crippen molar-refractivity contribution in [3.63, 3.8) is 0 Å². The monoisotopic (exact) mass is 492 g/mol. The van der Waals surface area contributed by atoms with Gasteiger partial charge in [0.1, 0.15) is 10.7 Å². The van der Waals surface area contributed by atoms with Crippen LogP contribution in [0.4, 0.5) is 5.82 Å². The highest BCUT2D eigenvalue weighted by molar-refractivity contribution is 7.91. The summed E-state index contributed by atoms with van der Waals surface area (Å²) in [6.45, 7) is 5.17. The third-order valence-corrected chi connectivity index (χ3v) is 7.31. The molecule has 0 fully saturated rings. The zero-order valence-electron chi connectivity index (χ0n) is 20.4. The molecule has 0 spiro atoms. The zero-order valence-corrected chi connectivity index (χ0v) is 21.2. The first-order chi connectivity index (χ1) is 16.8. The summed E-state index contributed by atoms with van der Waals surface area (Å²) in [7, 11) is -3.60. The quantitative estimate of drug-likeness (QED) is 0.342. The van der Waals surface area contributed by atoms with Gasteiger partial charge in [-0.1, -0.05) is 50.2 Å². The Balaban J connectivity index is 1.74. The van der Waals surface area contributed by atoms with E-state index in [9.17, 15) is 8.42 Å². The van der Waals surface area contributed by atoms with E-state index in [0.717, 1.165) is 48.2 Å². The molecule has 1 atom stereocenters. The van der Waals surface area contributed by atoms with Crippen LogP contribution in [0.25, 0.3) is 28.0 Å². The molecule has 0 aliphatic carbocycles. The summed E-state index contributed by atoms with van der Waals surface area (Å²) in [6.07, 6.45) is 7.85. The van der Waals surface area contributed by atoms with Crippen LogP contribution in [0.3, 0.4) is 0 Å². The second kappa shape index (κ2) is 10.5. The van der Waals surface area contributed by atoms with Gasteiger partial charge in [0, 0.05) is 35.2 Å². The summed E-state index contributed by atoms with van der Waals surface area (Å²) in [5, 5.41) is 7.88. The van der Waals surface area contributed by atoms with E-state index in [4.69, 9.17) is 10.7 Å². The molecule has 0 unspecified atom stereocenters. The fourth-order valence-electron chi connectivity index (χ4n) is 4.27. The highest BCUT2D eigenvalue weighted by atomic mass is 32.2. The molecular weight excluding hydrogens is 460 g/mol. The average Bonchev–Trinajstić information content (AvgIpc) is 3.28. The van der Waals surface area contributed by atoms with Crippen molar-refractivity contribution in [3.8, 4) is 22.4 Å². The molecule has 4 rings (SSSR count). The van der Waals surface area contributed by atoms with Gasteiger partial charge >= 0.3 is 0 Å². The van der Waals surface area contributed by atoms with Crippen molar-refractivity contribution >= 4 is 21.3 Å². The van der Waals surface area contributed by atoms with E-state index in [1.165, 1.54) is 10.8 Å². The molecule has 8 nitrogen and oxygen atoms in total. The van der Waals surface area contributed by atoms with Gasteiger partial charge in [-0.25, -0.2) is 13.4 Å². The maximum absolute atomic E-state index is 12.7. The highest BCUT2D eigenvalue weighted by Crippen LogP contribution is 2.30. The first kappa shape index (κ1) is 24.8. The molecule has 0 aliphatic rings. The molecule has 0 aliphatic heterocycles. The summed E-state index contributed by atoms with van der Waals surface area (Å²) < 4.78 is 26.7. The van der Waals surface area contributed by atoms with E-state index in [2.05, 4.69) is 29.2 Å². The van der Waals surface area contributed by atoms with Crippen molar-refractivity contribution < 1.29 is 8.42 Å². The molecule has 3 aromatic heterocycles.